The van der Waals surface area contributed by atoms with E-state index in [-0.39, 0.29) is 0 Å². The van der Waals surface area contributed by atoms with Crippen LogP contribution in [0.2, 0.25) is 0 Å². The Morgan fingerprint density at radius 2 is 2.06 bits per heavy atom. The first kappa shape index (κ1) is 12.4. The zero-order valence-corrected chi connectivity index (χ0v) is 8.64. The summed E-state index contributed by atoms with van der Waals surface area (Å²) in [5.41, 5.74) is 1.08. The van der Waals surface area contributed by atoms with Crippen molar-refractivity contribution in [1.29, 1.82) is 5.26 Å². The molecule has 86 valence electrons. The van der Waals surface area contributed by atoms with E-state index in [0.29, 0.717) is 16.9 Å². The third kappa shape index (κ3) is 3.81. The van der Waals surface area contributed by atoms with Crippen molar-refractivity contribution in [3.05, 3.63) is 29.3 Å². The van der Waals surface area contributed by atoms with Crippen LogP contribution in [0.4, 0.5) is 13.2 Å². The van der Waals surface area contributed by atoms with Gasteiger partial charge in [0.15, 0.2) is 0 Å². The molecular weight excluding hydrogens is 219 g/mol. The Bertz CT molecular complexity index is 407. The number of halogens is 3. The average molecular weight is 229 g/mol. The van der Waals surface area contributed by atoms with Gasteiger partial charge in [-0.1, -0.05) is 6.07 Å². The summed E-state index contributed by atoms with van der Waals surface area (Å²) >= 11 is 0. The number of hydrogen-bond donors (Lipinski definition) is 0. The van der Waals surface area contributed by atoms with Crippen LogP contribution in [0.5, 0.6) is 5.75 Å². The summed E-state index contributed by atoms with van der Waals surface area (Å²) < 4.78 is 40.6. The summed E-state index contributed by atoms with van der Waals surface area (Å²) in [6.07, 6.45) is -5.22. The van der Waals surface area contributed by atoms with Crippen molar-refractivity contribution in [1.82, 2.24) is 0 Å². The van der Waals surface area contributed by atoms with Crippen molar-refractivity contribution in [2.75, 3.05) is 6.61 Å². The maximum atomic E-state index is 11.9. The van der Waals surface area contributed by atoms with Crippen molar-refractivity contribution in [3.8, 4) is 11.8 Å². The molecule has 0 unspecified atom stereocenters. The maximum absolute atomic E-state index is 11.9. The van der Waals surface area contributed by atoms with Gasteiger partial charge >= 0.3 is 6.18 Å². The first-order valence-corrected chi connectivity index (χ1v) is 4.62. The van der Waals surface area contributed by atoms with Gasteiger partial charge in [0.25, 0.3) is 0 Å². The van der Waals surface area contributed by atoms with E-state index in [1.165, 1.54) is 6.07 Å². The van der Waals surface area contributed by atoms with Crippen LogP contribution in [0.1, 0.15) is 17.5 Å². The third-order valence-corrected chi connectivity index (χ3v) is 1.96. The number of nitriles is 1. The Labute approximate surface area is 91.3 Å². The first-order valence-electron chi connectivity index (χ1n) is 4.62. The molecule has 1 aromatic rings. The van der Waals surface area contributed by atoms with Crippen LogP contribution in [0, 0.1) is 18.3 Å². The number of alkyl halides is 3. The zero-order valence-electron chi connectivity index (χ0n) is 8.64. The fraction of sp³-hybridized carbons (Fsp3) is 0.364. The standard InChI is InChI=1S/C11H10F3NO/c1-8-2-3-9(7-15)6-10(8)16-5-4-11(12,13)14/h2-3,6H,4-5H2,1H3. The molecule has 1 aromatic carbocycles. The highest BCUT2D eigenvalue weighted by molar-refractivity contribution is 5.41. The minimum Gasteiger partial charge on any atom is -0.493 e. The SMILES string of the molecule is Cc1ccc(C#N)cc1OCCC(F)(F)F. The predicted molar refractivity (Wildman–Crippen MR) is 52.1 cm³/mol. The smallest absolute Gasteiger partial charge is 0.392 e. The van der Waals surface area contributed by atoms with Crippen molar-refractivity contribution in [2.45, 2.75) is 19.5 Å². The molecule has 1 rings (SSSR count). The topological polar surface area (TPSA) is 33.0 Å². The molecule has 0 saturated heterocycles. The van der Waals surface area contributed by atoms with E-state index in [2.05, 4.69) is 0 Å². The molecule has 0 saturated carbocycles. The largest absolute Gasteiger partial charge is 0.493 e. The van der Waals surface area contributed by atoms with Crippen LogP contribution in [0.25, 0.3) is 0 Å². The first-order chi connectivity index (χ1) is 7.42. The summed E-state index contributed by atoms with van der Waals surface area (Å²) in [5, 5.41) is 8.62. The lowest BCUT2D eigenvalue weighted by Crippen LogP contribution is -2.13. The zero-order chi connectivity index (χ0) is 12.2. The number of rotatable bonds is 3. The second-order valence-corrected chi connectivity index (χ2v) is 3.31. The maximum Gasteiger partial charge on any atom is 0.392 e. The lowest BCUT2D eigenvalue weighted by molar-refractivity contribution is -0.139. The van der Waals surface area contributed by atoms with Gasteiger partial charge in [0.05, 0.1) is 24.7 Å². The number of nitrogens with zero attached hydrogens (tertiary/aromatic N) is 1. The highest BCUT2D eigenvalue weighted by atomic mass is 19.4. The quantitative estimate of drug-likeness (QED) is 0.797. The number of ether oxygens (including phenoxy) is 1. The van der Waals surface area contributed by atoms with Gasteiger partial charge in [0.1, 0.15) is 5.75 Å². The second kappa shape index (κ2) is 4.88. The summed E-state index contributed by atoms with van der Waals surface area (Å²) in [5.74, 6) is 0.322. The predicted octanol–water partition coefficient (Wildman–Crippen LogP) is 3.20. The highest BCUT2D eigenvalue weighted by Crippen LogP contribution is 2.23. The molecule has 0 N–H and O–H groups in total. The van der Waals surface area contributed by atoms with Gasteiger partial charge in [0, 0.05) is 0 Å². The summed E-state index contributed by atoms with van der Waals surface area (Å²) in [6.45, 7) is 1.28. The summed E-state index contributed by atoms with van der Waals surface area (Å²) in [7, 11) is 0. The van der Waals surface area contributed by atoms with E-state index in [0.717, 1.165) is 0 Å². The van der Waals surface area contributed by atoms with Gasteiger partial charge in [-0.3, -0.25) is 0 Å². The Kier molecular flexibility index (Phi) is 3.78. The Balaban J connectivity index is 2.64. The third-order valence-electron chi connectivity index (χ3n) is 1.96. The molecule has 0 aliphatic rings. The molecule has 0 radical (unpaired) electrons. The van der Waals surface area contributed by atoms with Gasteiger partial charge in [-0.25, -0.2) is 0 Å². The minimum atomic E-state index is -4.22. The van der Waals surface area contributed by atoms with Crippen molar-refractivity contribution < 1.29 is 17.9 Å². The van der Waals surface area contributed by atoms with Gasteiger partial charge in [-0.15, -0.1) is 0 Å². The molecule has 0 atom stereocenters. The summed E-state index contributed by atoms with van der Waals surface area (Å²) in [4.78, 5) is 0. The lowest BCUT2D eigenvalue weighted by Gasteiger charge is -2.10. The van der Waals surface area contributed by atoms with E-state index in [1.807, 2.05) is 6.07 Å². The normalized spacial score (nSPS) is 10.9. The molecule has 0 aliphatic carbocycles. The van der Waals surface area contributed by atoms with Crippen molar-refractivity contribution in [3.63, 3.8) is 0 Å². The molecule has 16 heavy (non-hydrogen) atoms. The van der Waals surface area contributed by atoms with Gasteiger partial charge in [-0.2, -0.15) is 18.4 Å². The van der Waals surface area contributed by atoms with E-state index in [1.54, 1.807) is 19.1 Å². The van der Waals surface area contributed by atoms with E-state index < -0.39 is 19.2 Å². The van der Waals surface area contributed by atoms with Crippen LogP contribution >= 0.6 is 0 Å². The molecule has 0 amide bonds. The molecule has 2 nitrogen and oxygen atoms in total. The Morgan fingerprint density at radius 3 is 2.62 bits per heavy atom. The van der Waals surface area contributed by atoms with Crippen LogP contribution in [0.15, 0.2) is 18.2 Å². The lowest BCUT2D eigenvalue weighted by atomic mass is 10.1. The Hall–Kier alpha value is -1.70. The van der Waals surface area contributed by atoms with Gasteiger partial charge in [0.2, 0.25) is 0 Å². The molecule has 5 heteroatoms. The van der Waals surface area contributed by atoms with E-state index in [4.69, 9.17) is 10.00 Å². The molecular formula is C11H10F3NO. The number of hydrogen-bond acceptors (Lipinski definition) is 2. The molecule has 0 bridgehead atoms. The highest BCUT2D eigenvalue weighted by Gasteiger charge is 2.26. The van der Waals surface area contributed by atoms with Gasteiger partial charge < -0.3 is 4.74 Å². The van der Waals surface area contributed by atoms with E-state index >= 15 is 0 Å². The van der Waals surface area contributed by atoms with E-state index in [9.17, 15) is 13.2 Å². The fourth-order valence-electron chi connectivity index (χ4n) is 1.10. The monoisotopic (exact) mass is 229 g/mol. The Morgan fingerprint density at radius 1 is 1.38 bits per heavy atom. The molecule has 0 aromatic heterocycles. The minimum absolute atomic E-state index is 0.322. The molecule has 0 aliphatic heterocycles. The fourth-order valence-corrected chi connectivity index (χ4v) is 1.10. The molecule has 0 spiro atoms. The van der Waals surface area contributed by atoms with Crippen LogP contribution in [0.3, 0.4) is 0 Å². The number of benzene rings is 1. The average Bonchev–Trinajstić information content (AvgIpc) is 2.19. The second-order valence-electron chi connectivity index (χ2n) is 3.31. The summed E-state index contributed by atoms with van der Waals surface area (Å²) in [6, 6.07) is 6.56. The van der Waals surface area contributed by atoms with Crippen molar-refractivity contribution in [2.24, 2.45) is 0 Å². The number of aryl methyl sites for hydroxylation is 1. The van der Waals surface area contributed by atoms with Crippen LogP contribution < -0.4 is 4.74 Å². The van der Waals surface area contributed by atoms with Crippen molar-refractivity contribution >= 4 is 0 Å². The van der Waals surface area contributed by atoms with Crippen LogP contribution in [-0.4, -0.2) is 12.8 Å². The van der Waals surface area contributed by atoms with Crippen LogP contribution in [-0.2, 0) is 0 Å². The molecule has 0 heterocycles. The molecule has 0 fully saturated rings. The van der Waals surface area contributed by atoms with Gasteiger partial charge in [-0.05, 0) is 24.6 Å².